The second-order valence-electron chi connectivity index (χ2n) is 4.60. The first kappa shape index (κ1) is 14.3. The minimum absolute atomic E-state index is 0.109. The van der Waals surface area contributed by atoms with Gasteiger partial charge in [-0.1, -0.05) is 24.0 Å². The summed E-state index contributed by atoms with van der Waals surface area (Å²) >= 11 is 0. The van der Waals surface area contributed by atoms with Gasteiger partial charge in [0, 0.05) is 53.9 Å². The highest BCUT2D eigenvalue weighted by molar-refractivity contribution is 7.85. The predicted molar refractivity (Wildman–Crippen MR) is 78.2 cm³/mol. The Kier molecular flexibility index (Phi) is 5.59. The molecule has 102 valence electrons. The molecule has 1 N–H and O–H groups in total. The average molecular weight is 277 g/mol. The van der Waals surface area contributed by atoms with Crippen LogP contribution in [0.1, 0.15) is 17.5 Å². The van der Waals surface area contributed by atoms with Gasteiger partial charge in [0.25, 0.3) is 0 Å². The molecule has 1 saturated heterocycles. The molecular formula is C15H19NO2S. The maximum absolute atomic E-state index is 11.3. The SMILES string of the molecule is O=S1CCN(Cc2cccc(C#CCCO)c2)CC1. The molecule has 0 spiro atoms. The predicted octanol–water partition coefficient (Wildman–Crippen LogP) is 0.985. The van der Waals surface area contributed by atoms with Crippen LogP contribution in [0.3, 0.4) is 0 Å². The Balaban J connectivity index is 1.95. The van der Waals surface area contributed by atoms with E-state index < -0.39 is 10.8 Å². The van der Waals surface area contributed by atoms with Crippen LogP contribution in [0.4, 0.5) is 0 Å². The first-order valence-corrected chi connectivity index (χ1v) is 8.03. The van der Waals surface area contributed by atoms with E-state index in [9.17, 15) is 4.21 Å². The lowest BCUT2D eigenvalue weighted by Crippen LogP contribution is -2.37. The third kappa shape index (κ3) is 4.79. The van der Waals surface area contributed by atoms with Crippen molar-refractivity contribution < 1.29 is 9.32 Å². The second kappa shape index (κ2) is 7.44. The summed E-state index contributed by atoms with van der Waals surface area (Å²) in [5, 5.41) is 8.70. The van der Waals surface area contributed by atoms with Crippen LogP contribution in [0, 0.1) is 11.8 Å². The van der Waals surface area contributed by atoms with E-state index in [-0.39, 0.29) is 6.61 Å². The van der Waals surface area contributed by atoms with Crippen LogP contribution in [0.2, 0.25) is 0 Å². The lowest BCUT2D eigenvalue weighted by Gasteiger charge is -2.26. The van der Waals surface area contributed by atoms with Crippen molar-refractivity contribution in [1.29, 1.82) is 0 Å². The molecule has 4 heteroatoms. The van der Waals surface area contributed by atoms with Crippen LogP contribution in [0.15, 0.2) is 24.3 Å². The Bertz CT molecular complexity index is 494. The minimum atomic E-state index is -0.616. The first-order valence-electron chi connectivity index (χ1n) is 6.54. The summed E-state index contributed by atoms with van der Waals surface area (Å²) in [6.45, 7) is 2.82. The number of nitrogens with zero attached hydrogens (tertiary/aromatic N) is 1. The van der Waals surface area contributed by atoms with E-state index in [1.54, 1.807) is 0 Å². The normalized spacial score (nSPS) is 16.9. The summed E-state index contributed by atoms with van der Waals surface area (Å²) < 4.78 is 11.3. The van der Waals surface area contributed by atoms with Gasteiger partial charge in [-0.3, -0.25) is 9.11 Å². The number of hydrogen-bond donors (Lipinski definition) is 1. The van der Waals surface area contributed by atoms with Gasteiger partial charge < -0.3 is 5.11 Å². The topological polar surface area (TPSA) is 40.5 Å². The van der Waals surface area contributed by atoms with Gasteiger partial charge in [0.2, 0.25) is 0 Å². The van der Waals surface area contributed by atoms with Crippen molar-refractivity contribution in [3.63, 3.8) is 0 Å². The van der Waals surface area contributed by atoms with Gasteiger partial charge in [-0.2, -0.15) is 0 Å². The molecule has 2 rings (SSSR count). The maximum Gasteiger partial charge on any atom is 0.0540 e. The molecular weight excluding hydrogens is 258 g/mol. The molecule has 1 aliphatic rings. The van der Waals surface area contributed by atoms with E-state index in [1.165, 1.54) is 5.56 Å². The number of rotatable bonds is 3. The number of aliphatic hydroxyl groups excluding tert-OH is 1. The standard InChI is InChI=1S/C15H19NO2S/c17-9-2-1-4-14-5-3-6-15(12-14)13-16-7-10-19(18)11-8-16/h3,5-6,12,17H,2,7-11,13H2. The summed E-state index contributed by atoms with van der Waals surface area (Å²) in [4.78, 5) is 2.33. The van der Waals surface area contributed by atoms with Crippen molar-refractivity contribution in [2.24, 2.45) is 0 Å². The Morgan fingerprint density at radius 2 is 2.11 bits per heavy atom. The molecule has 1 fully saturated rings. The molecule has 0 atom stereocenters. The third-order valence-electron chi connectivity index (χ3n) is 3.07. The largest absolute Gasteiger partial charge is 0.395 e. The van der Waals surface area contributed by atoms with Gasteiger partial charge in [0.15, 0.2) is 0 Å². The maximum atomic E-state index is 11.3. The van der Waals surface area contributed by atoms with Crippen molar-refractivity contribution in [1.82, 2.24) is 4.90 Å². The van der Waals surface area contributed by atoms with Gasteiger partial charge in [-0.05, 0) is 17.7 Å². The van der Waals surface area contributed by atoms with Crippen LogP contribution in [0.25, 0.3) is 0 Å². The minimum Gasteiger partial charge on any atom is -0.395 e. The van der Waals surface area contributed by atoms with Crippen LogP contribution < -0.4 is 0 Å². The molecule has 1 aliphatic heterocycles. The molecule has 0 bridgehead atoms. The highest BCUT2D eigenvalue weighted by Crippen LogP contribution is 2.10. The molecule has 0 saturated carbocycles. The molecule has 0 amide bonds. The van der Waals surface area contributed by atoms with Crippen molar-refractivity contribution in [2.45, 2.75) is 13.0 Å². The van der Waals surface area contributed by atoms with E-state index in [0.29, 0.717) is 6.42 Å². The molecule has 1 aromatic carbocycles. The lowest BCUT2D eigenvalue weighted by molar-refractivity contribution is 0.291. The highest BCUT2D eigenvalue weighted by atomic mass is 32.2. The summed E-state index contributed by atoms with van der Waals surface area (Å²) in [6.07, 6.45) is 0.516. The van der Waals surface area contributed by atoms with E-state index in [1.807, 2.05) is 12.1 Å². The zero-order valence-corrected chi connectivity index (χ0v) is 11.8. The van der Waals surface area contributed by atoms with Crippen molar-refractivity contribution in [2.75, 3.05) is 31.2 Å². The summed E-state index contributed by atoms with van der Waals surface area (Å²) in [5.41, 5.74) is 2.23. The fourth-order valence-corrected chi connectivity index (χ4v) is 3.19. The Labute approximate surface area is 117 Å². The van der Waals surface area contributed by atoms with E-state index >= 15 is 0 Å². The van der Waals surface area contributed by atoms with Crippen molar-refractivity contribution in [3.05, 3.63) is 35.4 Å². The second-order valence-corrected chi connectivity index (χ2v) is 6.30. The van der Waals surface area contributed by atoms with Crippen molar-refractivity contribution in [3.8, 4) is 11.8 Å². The molecule has 0 aromatic heterocycles. The lowest BCUT2D eigenvalue weighted by atomic mass is 10.1. The molecule has 0 radical (unpaired) electrons. The first-order chi connectivity index (χ1) is 9.28. The monoisotopic (exact) mass is 277 g/mol. The Hall–Kier alpha value is -1.15. The summed E-state index contributed by atoms with van der Waals surface area (Å²) in [7, 11) is -0.616. The molecule has 0 unspecified atom stereocenters. The van der Waals surface area contributed by atoms with Gasteiger partial charge in [-0.15, -0.1) is 0 Å². The molecule has 1 heterocycles. The number of benzene rings is 1. The molecule has 19 heavy (non-hydrogen) atoms. The van der Waals surface area contributed by atoms with Gasteiger partial charge in [0.1, 0.15) is 0 Å². The molecule has 0 aliphatic carbocycles. The van der Waals surface area contributed by atoms with Crippen LogP contribution >= 0.6 is 0 Å². The number of hydrogen-bond acceptors (Lipinski definition) is 3. The molecule has 3 nitrogen and oxygen atoms in total. The fourth-order valence-electron chi connectivity index (χ4n) is 2.06. The third-order valence-corrected chi connectivity index (χ3v) is 4.35. The Morgan fingerprint density at radius 3 is 2.84 bits per heavy atom. The van der Waals surface area contributed by atoms with Gasteiger partial charge >= 0.3 is 0 Å². The van der Waals surface area contributed by atoms with Crippen LogP contribution in [-0.2, 0) is 17.3 Å². The van der Waals surface area contributed by atoms with Gasteiger partial charge in [-0.25, -0.2) is 0 Å². The molecule has 1 aromatic rings. The van der Waals surface area contributed by atoms with Gasteiger partial charge in [0.05, 0.1) is 6.61 Å². The van der Waals surface area contributed by atoms with Crippen LogP contribution in [0.5, 0.6) is 0 Å². The zero-order valence-electron chi connectivity index (χ0n) is 11.0. The zero-order chi connectivity index (χ0) is 13.5. The Morgan fingerprint density at radius 1 is 1.32 bits per heavy atom. The highest BCUT2D eigenvalue weighted by Gasteiger charge is 2.14. The quantitative estimate of drug-likeness (QED) is 0.838. The smallest absolute Gasteiger partial charge is 0.0540 e. The summed E-state index contributed by atoms with van der Waals surface area (Å²) in [5.74, 6) is 7.56. The fraction of sp³-hybridized carbons (Fsp3) is 0.467. The van der Waals surface area contributed by atoms with E-state index in [2.05, 4.69) is 28.9 Å². The van der Waals surface area contributed by atoms with E-state index in [0.717, 1.165) is 36.7 Å². The average Bonchev–Trinajstić information content (AvgIpc) is 2.42. The van der Waals surface area contributed by atoms with Crippen molar-refractivity contribution >= 4 is 10.8 Å². The van der Waals surface area contributed by atoms with E-state index in [4.69, 9.17) is 5.11 Å². The summed E-state index contributed by atoms with van der Waals surface area (Å²) in [6, 6.07) is 8.19. The number of aliphatic hydroxyl groups is 1. The van der Waals surface area contributed by atoms with Crippen LogP contribution in [-0.4, -0.2) is 45.4 Å².